The average molecular weight is 298 g/mol. The molecule has 0 saturated heterocycles. The number of alkyl halides is 2. The summed E-state index contributed by atoms with van der Waals surface area (Å²) in [5.74, 6) is 0.0877. The molecule has 1 amide bonds. The van der Waals surface area contributed by atoms with E-state index in [9.17, 15) is 13.6 Å². The van der Waals surface area contributed by atoms with Crippen molar-refractivity contribution in [3.63, 3.8) is 0 Å². The Morgan fingerprint density at radius 1 is 1.29 bits per heavy atom. The molecular weight excluding hydrogens is 278 g/mol. The Hall–Kier alpha value is -1.69. The zero-order valence-electron chi connectivity index (χ0n) is 11.8. The second-order valence-electron chi connectivity index (χ2n) is 5.40. The fourth-order valence-electron chi connectivity index (χ4n) is 2.73. The summed E-state index contributed by atoms with van der Waals surface area (Å²) in [4.78, 5) is 12.3. The Morgan fingerprint density at radius 3 is 2.43 bits per heavy atom. The van der Waals surface area contributed by atoms with E-state index in [0.29, 0.717) is 13.1 Å². The third-order valence-electron chi connectivity index (χ3n) is 4.03. The van der Waals surface area contributed by atoms with E-state index in [0.717, 1.165) is 31.2 Å². The number of carbonyl (C=O) groups is 1. The van der Waals surface area contributed by atoms with Crippen molar-refractivity contribution in [1.29, 1.82) is 0 Å². The lowest BCUT2D eigenvalue weighted by atomic mass is 9.85. The predicted molar refractivity (Wildman–Crippen MR) is 74.9 cm³/mol. The summed E-state index contributed by atoms with van der Waals surface area (Å²) in [5, 5.41) is 2.88. The number of hydrogen-bond donors (Lipinski definition) is 2. The summed E-state index contributed by atoms with van der Waals surface area (Å²) in [7, 11) is 0. The molecule has 4 nitrogen and oxygen atoms in total. The predicted octanol–water partition coefficient (Wildman–Crippen LogP) is 2.42. The van der Waals surface area contributed by atoms with Gasteiger partial charge in [0.05, 0.1) is 5.41 Å². The Kier molecular flexibility index (Phi) is 5.12. The van der Waals surface area contributed by atoms with E-state index in [4.69, 9.17) is 5.73 Å². The number of nitrogens with two attached hydrogens (primary N) is 1. The Balaban J connectivity index is 1.89. The quantitative estimate of drug-likeness (QED) is 0.847. The van der Waals surface area contributed by atoms with Gasteiger partial charge in [0.15, 0.2) is 0 Å². The summed E-state index contributed by atoms with van der Waals surface area (Å²) < 4.78 is 28.3. The van der Waals surface area contributed by atoms with E-state index >= 15 is 0 Å². The van der Waals surface area contributed by atoms with Crippen molar-refractivity contribution < 1.29 is 18.3 Å². The molecule has 21 heavy (non-hydrogen) atoms. The standard InChI is InChI=1S/C15H20F2N2O2/c16-14(17)21-12-5-3-11(4-6-12)9-19-13(20)15(10-18)7-1-2-8-15/h3-6,14H,1-2,7-10,18H2,(H,19,20). The fraction of sp³-hybridized carbons (Fsp3) is 0.533. The molecule has 116 valence electrons. The van der Waals surface area contributed by atoms with Crippen molar-refractivity contribution in [3.05, 3.63) is 29.8 Å². The molecule has 0 aliphatic heterocycles. The lowest BCUT2D eigenvalue weighted by Crippen LogP contribution is -2.43. The second kappa shape index (κ2) is 6.85. The van der Waals surface area contributed by atoms with Gasteiger partial charge in [-0.3, -0.25) is 4.79 Å². The van der Waals surface area contributed by atoms with Crippen LogP contribution in [0, 0.1) is 5.41 Å². The lowest BCUT2D eigenvalue weighted by molar-refractivity contribution is -0.130. The zero-order chi connectivity index (χ0) is 15.3. The first-order chi connectivity index (χ1) is 10.1. The molecule has 1 aromatic rings. The molecule has 0 bridgehead atoms. The van der Waals surface area contributed by atoms with Gasteiger partial charge in [-0.25, -0.2) is 0 Å². The van der Waals surface area contributed by atoms with Crippen LogP contribution < -0.4 is 15.8 Å². The molecular formula is C15H20F2N2O2. The molecule has 1 fully saturated rings. The number of rotatable bonds is 6. The number of amides is 1. The van der Waals surface area contributed by atoms with Gasteiger partial charge < -0.3 is 15.8 Å². The minimum absolute atomic E-state index is 0.0181. The van der Waals surface area contributed by atoms with Crippen LogP contribution in [0.5, 0.6) is 5.75 Å². The largest absolute Gasteiger partial charge is 0.435 e. The molecule has 0 aromatic heterocycles. The monoisotopic (exact) mass is 298 g/mol. The highest BCUT2D eigenvalue weighted by Gasteiger charge is 2.39. The third kappa shape index (κ3) is 3.91. The zero-order valence-corrected chi connectivity index (χ0v) is 11.8. The number of ether oxygens (including phenoxy) is 1. The summed E-state index contributed by atoms with van der Waals surface area (Å²) in [6.45, 7) is -2.11. The summed E-state index contributed by atoms with van der Waals surface area (Å²) in [6, 6.07) is 6.23. The van der Waals surface area contributed by atoms with Crippen LogP contribution in [0.4, 0.5) is 8.78 Å². The van der Waals surface area contributed by atoms with Crippen molar-refractivity contribution >= 4 is 5.91 Å². The average Bonchev–Trinajstić information content (AvgIpc) is 2.96. The van der Waals surface area contributed by atoms with E-state index in [1.165, 1.54) is 12.1 Å². The molecule has 1 saturated carbocycles. The van der Waals surface area contributed by atoms with Gasteiger partial charge in [0.1, 0.15) is 5.75 Å². The van der Waals surface area contributed by atoms with Crippen LogP contribution >= 0.6 is 0 Å². The third-order valence-corrected chi connectivity index (χ3v) is 4.03. The highest BCUT2D eigenvalue weighted by atomic mass is 19.3. The molecule has 6 heteroatoms. The van der Waals surface area contributed by atoms with E-state index < -0.39 is 12.0 Å². The molecule has 1 aliphatic carbocycles. The first-order valence-electron chi connectivity index (χ1n) is 7.08. The maximum absolute atomic E-state index is 12.3. The van der Waals surface area contributed by atoms with Crippen LogP contribution in [0.1, 0.15) is 31.2 Å². The molecule has 0 spiro atoms. The van der Waals surface area contributed by atoms with Crippen LogP contribution in [0.3, 0.4) is 0 Å². The van der Waals surface area contributed by atoms with Crippen LogP contribution in [0.25, 0.3) is 0 Å². The molecule has 0 radical (unpaired) electrons. The normalized spacial score (nSPS) is 17.0. The first-order valence-corrected chi connectivity index (χ1v) is 7.08. The Morgan fingerprint density at radius 2 is 1.90 bits per heavy atom. The number of halogens is 2. The molecule has 0 unspecified atom stereocenters. The van der Waals surface area contributed by atoms with E-state index in [1.54, 1.807) is 12.1 Å². The first kappa shape index (κ1) is 15.7. The minimum Gasteiger partial charge on any atom is -0.435 e. The number of hydrogen-bond acceptors (Lipinski definition) is 3. The topological polar surface area (TPSA) is 64.4 Å². The van der Waals surface area contributed by atoms with Crippen molar-refractivity contribution in [2.24, 2.45) is 11.1 Å². The van der Waals surface area contributed by atoms with E-state index in [2.05, 4.69) is 10.1 Å². The molecule has 3 N–H and O–H groups in total. The van der Waals surface area contributed by atoms with Crippen LogP contribution in [0.2, 0.25) is 0 Å². The van der Waals surface area contributed by atoms with Gasteiger partial charge in [-0.15, -0.1) is 0 Å². The van der Waals surface area contributed by atoms with Gasteiger partial charge in [-0.2, -0.15) is 8.78 Å². The smallest absolute Gasteiger partial charge is 0.387 e. The van der Waals surface area contributed by atoms with Crippen LogP contribution in [-0.4, -0.2) is 19.1 Å². The second-order valence-corrected chi connectivity index (χ2v) is 5.40. The van der Waals surface area contributed by atoms with Gasteiger partial charge in [0, 0.05) is 13.1 Å². The van der Waals surface area contributed by atoms with Gasteiger partial charge in [-0.1, -0.05) is 25.0 Å². The summed E-state index contributed by atoms with van der Waals surface area (Å²) >= 11 is 0. The molecule has 1 aromatic carbocycles. The highest BCUT2D eigenvalue weighted by molar-refractivity contribution is 5.83. The minimum atomic E-state index is -2.83. The van der Waals surface area contributed by atoms with Gasteiger partial charge >= 0.3 is 6.61 Å². The van der Waals surface area contributed by atoms with Crippen LogP contribution in [0.15, 0.2) is 24.3 Å². The maximum atomic E-state index is 12.3. The lowest BCUT2D eigenvalue weighted by Gasteiger charge is -2.25. The Labute approximate surface area is 122 Å². The number of nitrogens with one attached hydrogen (secondary N) is 1. The van der Waals surface area contributed by atoms with Gasteiger partial charge in [0.25, 0.3) is 0 Å². The number of carbonyl (C=O) groups excluding carboxylic acids is 1. The Bertz CT molecular complexity index is 471. The molecule has 1 aliphatic rings. The van der Waals surface area contributed by atoms with Crippen molar-refractivity contribution in [2.45, 2.75) is 38.8 Å². The van der Waals surface area contributed by atoms with E-state index in [1.807, 2.05) is 0 Å². The maximum Gasteiger partial charge on any atom is 0.387 e. The summed E-state index contributed by atoms with van der Waals surface area (Å²) in [6.07, 6.45) is 3.72. The summed E-state index contributed by atoms with van der Waals surface area (Å²) in [5.41, 5.74) is 6.15. The van der Waals surface area contributed by atoms with Crippen molar-refractivity contribution in [2.75, 3.05) is 6.54 Å². The molecule has 0 atom stereocenters. The van der Waals surface area contributed by atoms with Crippen molar-refractivity contribution in [1.82, 2.24) is 5.32 Å². The van der Waals surface area contributed by atoms with Crippen LogP contribution in [-0.2, 0) is 11.3 Å². The molecule has 0 heterocycles. The number of benzene rings is 1. The van der Waals surface area contributed by atoms with Crippen molar-refractivity contribution in [3.8, 4) is 5.75 Å². The fourth-order valence-corrected chi connectivity index (χ4v) is 2.73. The van der Waals surface area contributed by atoms with Gasteiger partial charge in [-0.05, 0) is 30.5 Å². The van der Waals surface area contributed by atoms with Gasteiger partial charge in [0.2, 0.25) is 5.91 Å². The SMILES string of the molecule is NCC1(C(=O)NCc2ccc(OC(F)F)cc2)CCCC1. The molecule has 2 rings (SSSR count). The highest BCUT2D eigenvalue weighted by Crippen LogP contribution is 2.37. The van der Waals surface area contributed by atoms with E-state index in [-0.39, 0.29) is 11.7 Å².